The predicted molar refractivity (Wildman–Crippen MR) is 87.6 cm³/mol. The molecular formula is C17H19ClN2O4. The first-order valence-corrected chi connectivity index (χ1v) is 8.42. The first kappa shape index (κ1) is 16.8. The number of piperazine rings is 1. The van der Waals surface area contributed by atoms with E-state index >= 15 is 0 Å². The fraction of sp³-hybridized carbons (Fsp3) is 0.471. The maximum Gasteiger partial charge on any atom is 0.261 e. The lowest BCUT2D eigenvalue weighted by molar-refractivity contribution is -0.161. The van der Waals surface area contributed by atoms with E-state index in [0.29, 0.717) is 23.6 Å². The molecule has 0 aromatic heterocycles. The minimum atomic E-state index is -0.910. The van der Waals surface area contributed by atoms with Crippen molar-refractivity contribution >= 4 is 29.3 Å². The number of hydrogen-bond acceptors (Lipinski definition) is 4. The number of imide groups is 1. The summed E-state index contributed by atoms with van der Waals surface area (Å²) >= 11 is 5.81. The number of nitrogens with zero attached hydrogens (tertiary/aromatic N) is 1. The summed E-state index contributed by atoms with van der Waals surface area (Å²) in [6, 6.07) is 6.67. The molecule has 0 atom stereocenters. The van der Waals surface area contributed by atoms with Gasteiger partial charge < -0.3 is 9.64 Å². The molecule has 2 aliphatic rings. The Bertz CT molecular complexity index is 653. The van der Waals surface area contributed by atoms with E-state index in [0.717, 1.165) is 19.3 Å². The molecule has 1 aliphatic carbocycles. The summed E-state index contributed by atoms with van der Waals surface area (Å²) < 4.78 is 5.49. The number of ether oxygens (including phenoxy) is 1. The maximum atomic E-state index is 12.6. The number of benzene rings is 1. The van der Waals surface area contributed by atoms with Crippen LogP contribution in [0.25, 0.3) is 0 Å². The van der Waals surface area contributed by atoms with Crippen molar-refractivity contribution in [1.82, 2.24) is 10.2 Å². The van der Waals surface area contributed by atoms with E-state index in [9.17, 15) is 14.4 Å². The van der Waals surface area contributed by atoms with Crippen molar-refractivity contribution in [2.24, 2.45) is 0 Å². The Hall–Kier alpha value is -2.08. The summed E-state index contributed by atoms with van der Waals surface area (Å²) in [4.78, 5) is 38.2. The van der Waals surface area contributed by atoms with Crippen LogP contribution in [0.5, 0.6) is 5.75 Å². The topological polar surface area (TPSA) is 75.7 Å². The molecular weight excluding hydrogens is 332 g/mol. The quantitative estimate of drug-likeness (QED) is 0.845. The van der Waals surface area contributed by atoms with E-state index in [1.54, 1.807) is 24.3 Å². The number of halogens is 1. The molecule has 3 amide bonds. The molecule has 2 fully saturated rings. The fourth-order valence-corrected chi connectivity index (χ4v) is 3.54. The molecule has 128 valence electrons. The van der Waals surface area contributed by atoms with Crippen LogP contribution in [0.3, 0.4) is 0 Å². The smallest absolute Gasteiger partial charge is 0.261 e. The first-order chi connectivity index (χ1) is 11.5. The molecule has 1 aromatic rings. The number of nitrogens with one attached hydrogen (secondary N) is 1. The molecule has 1 spiro atoms. The molecule has 1 N–H and O–H groups in total. The number of carbonyl (C=O) groups is 3. The average Bonchev–Trinajstić information content (AvgIpc) is 2.58. The molecule has 7 heteroatoms. The number of rotatable bonds is 3. The van der Waals surface area contributed by atoms with Gasteiger partial charge in [0.25, 0.3) is 11.8 Å². The van der Waals surface area contributed by atoms with Crippen LogP contribution in [0, 0.1) is 0 Å². The zero-order valence-electron chi connectivity index (χ0n) is 13.2. The lowest BCUT2D eigenvalue weighted by Gasteiger charge is -2.47. The van der Waals surface area contributed by atoms with Gasteiger partial charge in [-0.3, -0.25) is 19.7 Å². The van der Waals surface area contributed by atoms with Gasteiger partial charge in [-0.1, -0.05) is 30.9 Å². The Morgan fingerprint density at radius 1 is 1.17 bits per heavy atom. The second-order valence-corrected chi connectivity index (χ2v) is 6.63. The molecule has 1 saturated heterocycles. The van der Waals surface area contributed by atoms with Crippen molar-refractivity contribution < 1.29 is 19.1 Å². The molecule has 3 rings (SSSR count). The minimum Gasteiger partial charge on any atom is -0.484 e. The zero-order valence-corrected chi connectivity index (χ0v) is 14.0. The monoisotopic (exact) mass is 350 g/mol. The fourth-order valence-electron chi connectivity index (χ4n) is 3.41. The summed E-state index contributed by atoms with van der Waals surface area (Å²) in [5, 5.41) is 2.95. The van der Waals surface area contributed by atoms with Crippen LogP contribution in [-0.4, -0.2) is 41.3 Å². The Balaban J connectivity index is 1.73. The lowest BCUT2D eigenvalue weighted by atomic mass is 9.78. The van der Waals surface area contributed by atoms with Crippen molar-refractivity contribution in [2.45, 2.75) is 37.6 Å². The largest absolute Gasteiger partial charge is 0.484 e. The minimum absolute atomic E-state index is 0.103. The standard InChI is InChI=1S/C17H19ClN2O4/c18-12-4-6-13(7-5-12)24-11-15(22)20-10-14(21)19-16(23)17(20)8-2-1-3-9-17/h4-7H,1-3,8-11H2,(H,19,21,23). The van der Waals surface area contributed by atoms with Gasteiger partial charge in [-0.15, -0.1) is 0 Å². The number of hydrogen-bond donors (Lipinski definition) is 1. The van der Waals surface area contributed by atoms with Gasteiger partial charge in [0.05, 0.1) is 0 Å². The van der Waals surface area contributed by atoms with E-state index in [1.165, 1.54) is 4.90 Å². The van der Waals surface area contributed by atoms with Crippen LogP contribution in [0.2, 0.25) is 5.02 Å². The van der Waals surface area contributed by atoms with Crippen molar-refractivity contribution in [2.75, 3.05) is 13.2 Å². The van der Waals surface area contributed by atoms with Gasteiger partial charge in [-0.25, -0.2) is 0 Å². The third kappa shape index (κ3) is 3.24. The number of amides is 3. The Morgan fingerprint density at radius 2 is 1.83 bits per heavy atom. The van der Waals surface area contributed by atoms with E-state index in [1.807, 2.05) is 0 Å². The number of carbonyl (C=O) groups excluding carboxylic acids is 3. The van der Waals surface area contributed by atoms with Crippen LogP contribution < -0.4 is 10.1 Å². The van der Waals surface area contributed by atoms with Crippen molar-refractivity contribution in [3.63, 3.8) is 0 Å². The third-order valence-corrected chi connectivity index (χ3v) is 4.90. The van der Waals surface area contributed by atoms with E-state index < -0.39 is 11.4 Å². The van der Waals surface area contributed by atoms with Crippen molar-refractivity contribution in [1.29, 1.82) is 0 Å². The van der Waals surface area contributed by atoms with Gasteiger partial charge in [0.1, 0.15) is 17.8 Å². The molecule has 6 nitrogen and oxygen atoms in total. The van der Waals surface area contributed by atoms with Crippen LogP contribution in [0.4, 0.5) is 0 Å². The molecule has 1 aromatic carbocycles. The summed E-state index contributed by atoms with van der Waals surface area (Å²) in [7, 11) is 0. The van der Waals surface area contributed by atoms with E-state index in [-0.39, 0.29) is 25.0 Å². The summed E-state index contributed by atoms with van der Waals surface area (Å²) in [5.41, 5.74) is -0.910. The van der Waals surface area contributed by atoms with Crippen LogP contribution in [-0.2, 0) is 14.4 Å². The Labute approximate surface area is 145 Å². The van der Waals surface area contributed by atoms with Crippen molar-refractivity contribution in [3.8, 4) is 5.75 Å². The summed E-state index contributed by atoms with van der Waals surface area (Å²) in [6.45, 7) is -0.321. The van der Waals surface area contributed by atoms with Crippen molar-refractivity contribution in [3.05, 3.63) is 29.3 Å². The van der Waals surface area contributed by atoms with Crippen LogP contribution in [0.15, 0.2) is 24.3 Å². The van der Waals surface area contributed by atoms with E-state index in [2.05, 4.69) is 5.32 Å². The lowest BCUT2D eigenvalue weighted by Crippen LogP contribution is -2.69. The highest BCUT2D eigenvalue weighted by Crippen LogP contribution is 2.35. The highest BCUT2D eigenvalue weighted by molar-refractivity contribution is 6.30. The SMILES string of the molecule is O=C1CN(C(=O)COc2ccc(Cl)cc2)C2(CCCCC2)C(=O)N1. The maximum absolute atomic E-state index is 12.6. The second kappa shape index (κ2) is 6.81. The zero-order chi connectivity index (χ0) is 17.2. The third-order valence-electron chi connectivity index (χ3n) is 4.65. The Kier molecular flexibility index (Phi) is 4.76. The molecule has 1 saturated carbocycles. The summed E-state index contributed by atoms with van der Waals surface area (Å²) in [6.07, 6.45) is 3.93. The van der Waals surface area contributed by atoms with Crippen LogP contribution >= 0.6 is 11.6 Å². The van der Waals surface area contributed by atoms with Gasteiger partial charge in [-0.2, -0.15) is 0 Å². The molecule has 1 heterocycles. The highest BCUT2D eigenvalue weighted by Gasteiger charge is 2.50. The average molecular weight is 351 g/mol. The van der Waals surface area contributed by atoms with Gasteiger partial charge in [0.15, 0.2) is 6.61 Å². The molecule has 24 heavy (non-hydrogen) atoms. The molecule has 0 unspecified atom stereocenters. The predicted octanol–water partition coefficient (Wildman–Crippen LogP) is 1.91. The van der Waals surface area contributed by atoms with Gasteiger partial charge >= 0.3 is 0 Å². The van der Waals surface area contributed by atoms with E-state index in [4.69, 9.17) is 16.3 Å². The second-order valence-electron chi connectivity index (χ2n) is 6.19. The molecule has 0 bridgehead atoms. The van der Waals surface area contributed by atoms with Gasteiger partial charge in [0, 0.05) is 5.02 Å². The van der Waals surface area contributed by atoms with Gasteiger partial charge in [-0.05, 0) is 37.1 Å². The molecule has 1 aliphatic heterocycles. The highest BCUT2D eigenvalue weighted by atomic mass is 35.5. The first-order valence-electron chi connectivity index (χ1n) is 8.04. The molecule has 0 radical (unpaired) electrons. The van der Waals surface area contributed by atoms with Crippen LogP contribution in [0.1, 0.15) is 32.1 Å². The Morgan fingerprint density at radius 3 is 2.50 bits per heavy atom. The van der Waals surface area contributed by atoms with Gasteiger partial charge in [0.2, 0.25) is 5.91 Å². The normalized spacial score (nSPS) is 20.0. The summed E-state index contributed by atoms with van der Waals surface area (Å²) in [5.74, 6) is -0.650.